The van der Waals surface area contributed by atoms with Crippen LogP contribution in [0.1, 0.15) is 98.2 Å². The molecular formula is C27H33NO2. The van der Waals surface area contributed by atoms with Crippen molar-refractivity contribution in [1.82, 2.24) is 0 Å². The van der Waals surface area contributed by atoms with Gasteiger partial charge in [-0.1, -0.05) is 57.7 Å². The summed E-state index contributed by atoms with van der Waals surface area (Å²) in [6, 6.07) is 15.5. The summed E-state index contributed by atoms with van der Waals surface area (Å²) in [6.45, 7) is 4.36. The molecule has 3 nitrogen and oxygen atoms in total. The first-order valence-corrected chi connectivity index (χ1v) is 11.5. The van der Waals surface area contributed by atoms with Crippen LogP contribution in [0.2, 0.25) is 0 Å². The Labute approximate surface area is 181 Å². The maximum atomic E-state index is 12.6. The lowest BCUT2D eigenvalue weighted by Crippen LogP contribution is -2.14. The molecule has 1 fully saturated rings. The zero-order valence-corrected chi connectivity index (χ0v) is 18.3. The number of hydrogen-bond donors (Lipinski definition) is 0. The van der Waals surface area contributed by atoms with Gasteiger partial charge < -0.3 is 4.74 Å². The van der Waals surface area contributed by atoms with Crippen molar-refractivity contribution in [3.05, 3.63) is 64.7 Å². The van der Waals surface area contributed by atoms with Crippen LogP contribution in [0.15, 0.2) is 42.5 Å². The fraction of sp³-hybridized carbons (Fsp3) is 0.481. The molecule has 0 spiro atoms. The second kappa shape index (κ2) is 11.0. The zero-order valence-electron chi connectivity index (χ0n) is 18.3. The SMILES string of the molecule is CCCCC1CCC(c2ccc(C(=O)Oc3ccc(CCC)cc3C#N)cc2)CC1. The van der Waals surface area contributed by atoms with E-state index in [1.807, 2.05) is 24.3 Å². The standard InChI is InChI=1S/C27H33NO2/c1-3-5-7-20-8-11-22(12-9-20)23-13-15-24(16-14-23)27(29)30-26-17-10-21(6-4-2)18-25(26)19-28/h10,13-18,20,22H,3-9,11-12H2,1-2H3. The number of aryl methyl sites for hydroxylation is 1. The number of rotatable bonds is 8. The molecule has 1 aliphatic rings. The van der Waals surface area contributed by atoms with Crippen molar-refractivity contribution in [1.29, 1.82) is 5.26 Å². The summed E-state index contributed by atoms with van der Waals surface area (Å²) in [7, 11) is 0. The Bertz CT molecular complexity index is 871. The zero-order chi connectivity index (χ0) is 21.3. The van der Waals surface area contributed by atoms with E-state index in [1.54, 1.807) is 6.07 Å². The number of benzene rings is 2. The molecule has 0 bridgehead atoms. The number of ether oxygens (including phenoxy) is 1. The fourth-order valence-corrected chi connectivity index (χ4v) is 4.53. The lowest BCUT2D eigenvalue weighted by Gasteiger charge is -2.28. The van der Waals surface area contributed by atoms with Gasteiger partial charge in [0.05, 0.1) is 11.1 Å². The summed E-state index contributed by atoms with van der Waals surface area (Å²) < 4.78 is 5.53. The van der Waals surface area contributed by atoms with Gasteiger partial charge in [-0.05, 0) is 79.3 Å². The third kappa shape index (κ3) is 5.72. The van der Waals surface area contributed by atoms with Crippen molar-refractivity contribution in [2.45, 2.75) is 77.6 Å². The van der Waals surface area contributed by atoms with E-state index in [2.05, 4.69) is 32.0 Å². The Morgan fingerprint density at radius 3 is 2.40 bits per heavy atom. The molecule has 0 heterocycles. The van der Waals surface area contributed by atoms with Crippen molar-refractivity contribution in [2.24, 2.45) is 5.92 Å². The molecule has 0 radical (unpaired) electrons. The molecule has 0 unspecified atom stereocenters. The summed E-state index contributed by atoms with van der Waals surface area (Å²) in [5.41, 5.74) is 3.34. The molecule has 1 aliphatic carbocycles. The van der Waals surface area contributed by atoms with Crippen LogP contribution in [0.3, 0.4) is 0 Å². The summed E-state index contributed by atoms with van der Waals surface area (Å²) in [4.78, 5) is 12.6. The van der Waals surface area contributed by atoms with Crippen molar-refractivity contribution in [3.8, 4) is 11.8 Å². The first-order valence-electron chi connectivity index (χ1n) is 11.5. The monoisotopic (exact) mass is 403 g/mol. The van der Waals surface area contributed by atoms with Crippen LogP contribution in [0.5, 0.6) is 5.75 Å². The molecule has 2 aromatic carbocycles. The molecule has 0 saturated heterocycles. The highest BCUT2D eigenvalue weighted by molar-refractivity contribution is 5.91. The molecule has 0 amide bonds. The largest absolute Gasteiger partial charge is 0.422 e. The number of hydrogen-bond acceptors (Lipinski definition) is 3. The summed E-state index contributed by atoms with van der Waals surface area (Å²) >= 11 is 0. The lowest BCUT2D eigenvalue weighted by molar-refractivity contribution is 0.0734. The first kappa shape index (κ1) is 22.1. The normalized spacial score (nSPS) is 18.6. The highest BCUT2D eigenvalue weighted by atomic mass is 16.5. The minimum absolute atomic E-state index is 0.330. The molecule has 1 saturated carbocycles. The molecule has 2 aromatic rings. The summed E-state index contributed by atoms with van der Waals surface area (Å²) in [5, 5.41) is 9.40. The predicted octanol–water partition coefficient (Wildman–Crippen LogP) is 7.19. The number of nitriles is 1. The van der Waals surface area contributed by atoms with Crippen molar-refractivity contribution < 1.29 is 9.53 Å². The number of carbonyl (C=O) groups excluding carboxylic acids is 1. The van der Waals surface area contributed by atoms with Gasteiger partial charge in [0.1, 0.15) is 11.8 Å². The van der Waals surface area contributed by atoms with E-state index in [1.165, 1.54) is 50.5 Å². The average molecular weight is 404 g/mol. The van der Waals surface area contributed by atoms with Gasteiger partial charge in [-0.15, -0.1) is 0 Å². The van der Waals surface area contributed by atoms with Crippen LogP contribution in [0, 0.1) is 17.2 Å². The minimum atomic E-state index is -0.412. The van der Waals surface area contributed by atoms with E-state index in [4.69, 9.17) is 4.74 Å². The van der Waals surface area contributed by atoms with Gasteiger partial charge in [-0.2, -0.15) is 5.26 Å². The van der Waals surface area contributed by atoms with Crippen LogP contribution < -0.4 is 4.74 Å². The Balaban J connectivity index is 1.60. The maximum absolute atomic E-state index is 12.6. The van der Waals surface area contributed by atoms with E-state index in [9.17, 15) is 10.1 Å². The van der Waals surface area contributed by atoms with Gasteiger partial charge in [-0.3, -0.25) is 0 Å². The molecule has 0 aromatic heterocycles. The minimum Gasteiger partial charge on any atom is -0.422 e. The van der Waals surface area contributed by atoms with Gasteiger partial charge in [0.15, 0.2) is 0 Å². The Morgan fingerprint density at radius 1 is 1.03 bits per heavy atom. The van der Waals surface area contributed by atoms with Crippen molar-refractivity contribution in [2.75, 3.05) is 0 Å². The molecule has 0 atom stereocenters. The van der Waals surface area contributed by atoms with E-state index >= 15 is 0 Å². The Kier molecular flexibility index (Phi) is 8.08. The third-order valence-corrected chi connectivity index (χ3v) is 6.34. The van der Waals surface area contributed by atoms with Gasteiger partial charge in [0.2, 0.25) is 0 Å². The first-order chi connectivity index (χ1) is 14.6. The summed E-state index contributed by atoms with van der Waals surface area (Å²) in [6.07, 6.45) is 11.1. The van der Waals surface area contributed by atoms with Crippen LogP contribution in [-0.2, 0) is 6.42 Å². The second-order valence-electron chi connectivity index (χ2n) is 8.56. The second-order valence-corrected chi connectivity index (χ2v) is 8.56. The number of unbranched alkanes of at least 4 members (excludes halogenated alkanes) is 1. The van der Waals surface area contributed by atoms with Crippen LogP contribution in [0.4, 0.5) is 0 Å². The summed E-state index contributed by atoms with van der Waals surface area (Å²) in [5.74, 6) is 1.42. The van der Waals surface area contributed by atoms with Gasteiger partial charge in [-0.25, -0.2) is 4.79 Å². The van der Waals surface area contributed by atoms with Gasteiger partial charge >= 0.3 is 5.97 Å². The van der Waals surface area contributed by atoms with Crippen LogP contribution in [-0.4, -0.2) is 5.97 Å². The molecule has 3 heteroatoms. The Hall–Kier alpha value is -2.60. The number of esters is 1. The number of carbonyl (C=O) groups is 1. The quantitative estimate of drug-likeness (QED) is 0.346. The topological polar surface area (TPSA) is 50.1 Å². The Morgan fingerprint density at radius 2 is 1.77 bits per heavy atom. The van der Waals surface area contributed by atoms with Crippen LogP contribution in [0.25, 0.3) is 0 Å². The van der Waals surface area contributed by atoms with Gasteiger partial charge in [0, 0.05) is 0 Å². The smallest absolute Gasteiger partial charge is 0.343 e. The lowest BCUT2D eigenvalue weighted by atomic mass is 9.77. The van der Waals surface area contributed by atoms with Crippen LogP contribution >= 0.6 is 0 Å². The average Bonchev–Trinajstić information content (AvgIpc) is 2.79. The highest BCUT2D eigenvalue weighted by Crippen LogP contribution is 2.37. The molecule has 0 aliphatic heterocycles. The van der Waals surface area contributed by atoms with E-state index in [0.29, 0.717) is 22.8 Å². The predicted molar refractivity (Wildman–Crippen MR) is 121 cm³/mol. The fourth-order valence-electron chi connectivity index (χ4n) is 4.53. The third-order valence-electron chi connectivity index (χ3n) is 6.34. The van der Waals surface area contributed by atoms with Crippen molar-refractivity contribution >= 4 is 5.97 Å². The van der Waals surface area contributed by atoms with E-state index in [-0.39, 0.29) is 0 Å². The highest BCUT2D eigenvalue weighted by Gasteiger charge is 2.22. The molecule has 3 rings (SSSR count). The maximum Gasteiger partial charge on any atom is 0.343 e. The van der Waals surface area contributed by atoms with Gasteiger partial charge in [0.25, 0.3) is 0 Å². The molecule has 0 N–H and O–H groups in total. The molecule has 158 valence electrons. The molecule has 30 heavy (non-hydrogen) atoms. The van der Waals surface area contributed by atoms with Crippen molar-refractivity contribution in [3.63, 3.8) is 0 Å². The van der Waals surface area contributed by atoms with E-state index < -0.39 is 5.97 Å². The molecular weight excluding hydrogens is 370 g/mol. The van der Waals surface area contributed by atoms with E-state index in [0.717, 1.165) is 24.3 Å². The number of nitrogens with zero attached hydrogens (tertiary/aromatic N) is 1.